The molecule has 2 atom stereocenters. The molecular weight excluding hydrogens is 331 g/mol. The summed E-state index contributed by atoms with van der Waals surface area (Å²) in [7, 11) is 0. The van der Waals surface area contributed by atoms with Crippen molar-refractivity contribution in [3.05, 3.63) is 66.0 Å². The monoisotopic (exact) mass is 349 g/mol. The molecule has 0 spiro atoms. The number of alkyl halides is 3. The number of amides is 1. The van der Waals surface area contributed by atoms with E-state index < -0.39 is 18.6 Å². The van der Waals surface area contributed by atoms with E-state index in [0.29, 0.717) is 0 Å². The van der Waals surface area contributed by atoms with Gasteiger partial charge in [0, 0.05) is 25.2 Å². The highest BCUT2D eigenvalue weighted by Gasteiger charge is 2.39. The van der Waals surface area contributed by atoms with Gasteiger partial charge in [-0.3, -0.25) is 15.1 Å². The van der Waals surface area contributed by atoms with Crippen molar-refractivity contribution in [2.45, 2.75) is 24.7 Å². The third-order valence-electron chi connectivity index (χ3n) is 4.10. The highest BCUT2D eigenvalue weighted by atomic mass is 19.4. The molecule has 1 amide bonds. The number of pyridine rings is 1. The van der Waals surface area contributed by atoms with Crippen LogP contribution in [0.4, 0.5) is 13.2 Å². The number of hydrogen-bond donors (Lipinski definition) is 1. The summed E-state index contributed by atoms with van der Waals surface area (Å²) in [6.45, 7) is -1.17. The molecule has 132 valence electrons. The van der Waals surface area contributed by atoms with Crippen LogP contribution < -0.4 is 5.32 Å². The van der Waals surface area contributed by atoms with Crippen molar-refractivity contribution in [3.8, 4) is 0 Å². The van der Waals surface area contributed by atoms with Crippen molar-refractivity contribution < 1.29 is 18.0 Å². The predicted molar refractivity (Wildman–Crippen MR) is 86.7 cm³/mol. The van der Waals surface area contributed by atoms with Gasteiger partial charge in [0.2, 0.25) is 5.91 Å². The number of carbonyl (C=O) groups excluding carboxylic acids is 1. The zero-order chi connectivity index (χ0) is 17.9. The number of halogens is 3. The second-order valence-electron chi connectivity index (χ2n) is 6.06. The van der Waals surface area contributed by atoms with Crippen LogP contribution in [0.5, 0.6) is 0 Å². The van der Waals surface area contributed by atoms with Crippen LogP contribution in [0.15, 0.2) is 54.7 Å². The lowest BCUT2D eigenvalue weighted by atomic mass is 10.0. The lowest BCUT2D eigenvalue weighted by Crippen LogP contribution is -2.39. The van der Waals surface area contributed by atoms with Gasteiger partial charge in [-0.1, -0.05) is 36.4 Å². The molecule has 7 heteroatoms. The van der Waals surface area contributed by atoms with Crippen LogP contribution in [-0.4, -0.2) is 41.1 Å². The Bertz CT molecular complexity index is 667. The number of carbonyl (C=O) groups is 1. The third kappa shape index (κ3) is 4.57. The van der Waals surface area contributed by atoms with E-state index in [9.17, 15) is 18.0 Å². The Balaban J connectivity index is 1.77. The van der Waals surface area contributed by atoms with Crippen molar-refractivity contribution in [1.82, 2.24) is 15.2 Å². The average molecular weight is 349 g/mol. The van der Waals surface area contributed by atoms with Gasteiger partial charge in [0.15, 0.2) is 0 Å². The first-order valence-corrected chi connectivity index (χ1v) is 7.99. The minimum Gasteiger partial charge on any atom is -0.332 e. The highest BCUT2D eigenvalue weighted by Crippen LogP contribution is 2.25. The highest BCUT2D eigenvalue weighted by molar-refractivity contribution is 5.79. The van der Waals surface area contributed by atoms with Crippen LogP contribution in [-0.2, 0) is 4.79 Å². The second kappa shape index (κ2) is 7.23. The molecule has 1 aromatic heterocycles. The van der Waals surface area contributed by atoms with Crippen molar-refractivity contribution in [2.24, 2.45) is 0 Å². The Kier molecular flexibility index (Phi) is 5.03. The van der Waals surface area contributed by atoms with Crippen molar-refractivity contribution in [3.63, 3.8) is 0 Å². The molecule has 1 fully saturated rings. The maximum absolute atomic E-state index is 12.6. The van der Waals surface area contributed by atoms with E-state index in [4.69, 9.17) is 0 Å². The van der Waals surface area contributed by atoms with E-state index in [2.05, 4.69) is 10.3 Å². The summed E-state index contributed by atoms with van der Waals surface area (Å²) >= 11 is 0. The maximum atomic E-state index is 12.6. The molecule has 0 bridgehead atoms. The van der Waals surface area contributed by atoms with Crippen molar-refractivity contribution in [2.75, 3.05) is 13.1 Å². The number of hydrogen-bond acceptors (Lipinski definition) is 3. The molecule has 1 aliphatic rings. The van der Waals surface area contributed by atoms with Crippen LogP contribution in [0.3, 0.4) is 0 Å². The topological polar surface area (TPSA) is 45.2 Å². The minimum absolute atomic E-state index is 0.0362. The zero-order valence-corrected chi connectivity index (χ0v) is 13.4. The Morgan fingerprint density at radius 2 is 1.88 bits per heavy atom. The number of benzene rings is 1. The summed E-state index contributed by atoms with van der Waals surface area (Å²) in [5.74, 6) is -0.484. The van der Waals surface area contributed by atoms with Gasteiger partial charge in [-0.2, -0.15) is 13.2 Å². The first kappa shape index (κ1) is 17.4. The fraction of sp³-hybridized carbons (Fsp3) is 0.333. The molecule has 25 heavy (non-hydrogen) atoms. The molecule has 1 N–H and O–H groups in total. The van der Waals surface area contributed by atoms with Crippen LogP contribution >= 0.6 is 0 Å². The smallest absolute Gasteiger partial charge is 0.332 e. The van der Waals surface area contributed by atoms with Gasteiger partial charge in [-0.25, -0.2) is 0 Å². The standard InChI is InChI=1S/C18H18F3N3O/c19-18(20,21)12-24-11-14(10-16(24)25)23-17(13-6-2-1-3-7-13)15-8-4-5-9-22-15/h1-9,14,17,23H,10-12H2/t14-,17-/m0/s1. The molecule has 4 nitrogen and oxygen atoms in total. The zero-order valence-electron chi connectivity index (χ0n) is 13.4. The number of aromatic nitrogens is 1. The Morgan fingerprint density at radius 1 is 1.16 bits per heavy atom. The first-order valence-electron chi connectivity index (χ1n) is 7.99. The molecule has 1 saturated heterocycles. The minimum atomic E-state index is -4.38. The van der Waals surface area contributed by atoms with Gasteiger partial charge in [-0.05, 0) is 17.7 Å². The van der Waals surface area contributed by atoms with Gasteiger partial charge in [0.1, 0.15) is 6.54 Å². The van der Waals surface area contributed by atoms with Crippen LogP contribution in [0.1, 0.15) is 23.7 Å². The fourth-order valence-electron chi connectivity index (χ4n) is 3.03. The average Bonchev–Trinajstić information content (AvgIpc) is 2.92. The molecule has 0 unspecified atom stereocenters. The largest absolute Gasteiger partial charge is 0.406 e. The summed E-state index contributed by atoms with van der Waals surface area (Å²) in [6, 6.07) is 14.4. The molecular formula is C18H18F3N3O. The summed E-state index contributed by atoms with van der Waals surface area (Å²) in [5, 5.41) is 3.30. The summed E-state index contributed by atoms with van der Waals surface area (Å²) < 4.78 is 37.7. The van der Waals surface area contributed by atoms with E-state index in [-0.39, 0.29) is 25.0 Å². The van der Waals surface area contributed by atoms with Crippen molar-refractivity contribution in [1.29, 1.82) is 0 Å². The SMILES string of the molecule is O=C1C[C@H](N[C@@H](c2ccccc2)c2ccccn2)CN1CC(F)(F)F. The molecule has 1 aliphatic heterocycles. The Hall–Kier alpha value is -2.41. The van der Waals surface area contributed by atoms with E-state index >= 15 is 0 Å². The van der Waals surface area contributed by atoms with E-state index in [1.54, 1.807) is 12.3 Å². The molecule has 3 rings (SSSR count). The molecule has 0 radical (unpaired) electrons. The number of rotatable bonds is 5. The first-order chi connectivity index (χ1) is 11.9. The van der Waals surface area contributed by atoms with Gasteiger partial charge in [-0.15, -0.1) is 0 Å². The van der Waals surface area contributed by atoms with Crippen molar-refractivity contribution >= 4 is 5.91 Å². The summed E-state index contributed by atoms with van der Waals surface area (Å²) in [5.41, 5.74) is 1.71. The van der Waals surface area contributed by atoms with Crippen LogP contribution in [0.2, 0.25) is 0 Å². The van der Waals surface area contributed by atoms with Gasteiger partial charge in [0.25, 0.3) is 0 Å². The Morgan fingerprint density at radius 3 is 2.52 bits per heavy atom. The molecule has 0 aliphatic carbocycles. The fourth-order valence-corrected chi connectivity index (χ4v) is 3.03. The Labute approximate surface area is 143 Å². The predicted octanol–water partition coefficient (Wildman–Crippen LogP) is 2.92. The number of nitrogens with one attached hydrogen (secondary N) is 1. The molecule has 0 saturated carbocycles. The summed E-state index contributed by atoms with van der Waals surface area (Å²) in [4.78, 5) is 17.1. The number of likely N-dealkylation sites (tertiary alicyclic amines) is 1. The lowest BCUT2D eigenvalue weighted by Gasteiger charge is -2.23. The quantitative estimate of drug-likeness (QED) is 0.903. The molecule has 2 aromatic rings. The van der Waals surface area contributed by atoms with Crippen LogP contribution in [0, 0.1) is 0 Å². The molecule has 1 aromatic carbocycles. The van der Waals surface area contributed by atoms with E-state index in [1.165, 1.54) is 0 Å². The summed E-state index contributed by atoms with van der Waals surface area (Å²) in [6.07, 6.45) is -2.67. The van der Waals surface area contributed by atoms with Gasteiger partial charge in [0.05, 0.1) is 11.7 Å². The van der Waals surface area contributed by atoms with Gasteiger partial charge < -0.3 is 4.90 Å². The molecule has 2 heterocycles. The van der Waals surface area contributed by atoms with Crippen LogP contribution in [0.25, 0.3) is 0 Å². The van der Waals surface area contributed by atoms with Gasteiger partial charge >= 0.3 is 6.18 Å². The normalized spacial score (nSPS) is 19.2. The second-order valence-corrected chi connectivity index (χ2v) is 6.06. The maximum Gasteiger partial charge on any atom is 0.406 e. The third-order valence-corrected chi connectivity index (χ3v) is 4.10. The van der Waals surface area contributed by atoms with E-state index in [1.807, 2.05) is 42.5 Å². The number of nitrogens with zero attached hydrogens (tertiary/aromatic N) is 2. The van der Waals surface area contributed by atoms with E-state index in [0.717, 1.165) is 16.2 Å². The lowest BCUT2D eigenvalue weighted by molar-refractivity contribution is -0.157.